The molecule has 0 saturated carbocycles. The number of carbonyl (C=O) groups is 1. The highest BCUT2D eigenvalue weighted by Crippen LogP contribution is 2.33. The number of carbonyl (C=O) groups excluding carboxylic acids is 1. The quantitative estimate of drug-likeness (QED) is 0.929. The van der Waals surface area contributed by atoms with E-state index in [1.807, 2.05) is 48.2 Å². The predicted molar refractivity (Wildman–Crippen MR) is 97.5 cm³/mol. The van der Waals surface area contributed by atoms with Gasteiger partial charge in [-0.15, -0.1) is 0 Å². The molecule has 1 fully saturated rings. The van der Waals surface area contributed by atoms with Gasteiger partial charge < -0.3 is 10.0 Å². The number of rotatable bonds is 4. The molecule has 3 rings (SSSR count). The first-order valence-corrected chi connectivity index (χ1v) is 9.09. The molecule has 0 unspecified atom stereocenters. The Labute approximate surface area is 149 Å². The zero-order chi connectivity index (χ0) is 18.0. The number of hydrogen-bond donors (Lipinski definition) is 1. The van der Waals surface area contributed by atoms with E-state index in [1.54, 1.807) is 4.68 Å². The number of aromatic nitrogens is 2. The summed E-state index contributed by atoms with van der Waals surface area (Å²) in [7, 11) is 0. The molecule has 0 bridgehead atoms. The maximum absolute atomic E-state index is 12.9. The molecule has 0 aliphatic carbocycles. The zero-order valence-electron chi connectivity index (χ0n) is 15.3. The Bertz CT molecular complexity index is 729. The maximum atomic E-state index is 12.9. The SMILES string of the molecule is CCn1nc(C(C)C)cc1C(=O)N1CCC(O)(c2ccccc2)CC1. The summed E-state index contributed by atoms with van der Waals surface area (Å²) in [5.41, 5.74) is 1.69. The Morgan fingerprint density at radius 2 is 1.88 bits per heavy atom. The van der Waals surface area contributed by atoms with Gasteiger partial charge in [-0.2, -0.15) is 5.10 Å². The van der Waals surface area contributed by atoms with Crippen LogP contribution in [0.15, 0.2) is 36.4 Å². The number of piperidine rings is 1. The normalized spacial score (nSPS) is 17.1. The molecule has 1 aromatic carbocycles. The number of aliphatic hydroxyl groups is 1. The number of hydrogen-bond acceptors (Lipinski definition) is 3. The third-order valence-electron chi connectivity index (χ3n) is 5.10. The molecule has 1 saturated heterocycles. The van der Waals surface area contributed by atoms with Crippen molar-refractivity contribution in [1.29, 1.82) is 0 Å². The van der Waals surface area contributed by atoms with Crippen LogP contribution in [0.3, 0.4) is 0 Å². The van der Waals surface area contributed by atoms with Crippen molar-refractivity contribution in [1.82, 2.24) is 14.7 Å². The first-order valence-electron chi connectivity index (χ1n) is 9.09. The Hall–Kier alpha value is -2.14. The standard InChI is InChI=1S/C20H27N3O2/c1-4-23-18(14-17(21-23)15(2)3)19(24)22-12-10-20(25,11-13-22)16-8-6-5-7-9-16/h5-9,14-15,25H,4,10-13H2,1-3H3. The van der Waals surface area contributed by atoms with Crippen LogP contribution in [0.5, 0.6) is 0 Å². The minimum atomic E-state index is -0.841. The first-order chi connectivity index (χ1) is 11.9. The average molecular weight is 341 g/mol. The predicted octanol–water partition coefficient (Wildman–Crippen LogP) is 3.15. The fourth-order valence-electron chi connectivity index (χ4n) is 3.41. The minimum Gasteiger partial charge on any atom is -0.385 e. The Kier molecular flexibility index (Phi) is 4.95. The van der Waals surface area contributed by atoms with E-state index in [0.29, 0.717) is 44.1 Å². The lowest BCUT2D eigenvalue weighted by Gasteiger charge is -2.38. The van der Waals surface area contributed by atoms with Crippen molar-refractivity contribution in [2.24, 2.45) is 0 Å². The Morgan fingerprint density at radius 1 is 1.24 bits per heavy atom. The summed E-state index contributed by atoms with van der Waals surface area (Å²) in [6, 6.07) is 11.7. The second-order valence-corrected chi connectivity index (χ2v) is 7.11. The molecule has 134 valence electrons. The van der Waals surface area contributed by atoms with Crippen LogP contribution in [0.25, 0.3) is 0 Å². The monoisotopic (exact) mass is 341 g/mol. The molecule has 1 aliphatic rings. The van der Waals surface area contributed by atoms with Crippen molar-refractivity contribution < 1.29 is 9.90 Å². The highest BCUT2D eigenvalue weighted by Gasteiger charge is 2.36. The van der Waals surface area contributed by atoms with Crippen LogP contribution in [0, 0.1) is 0 Å². The van der Waals surface area contributed by atoms with Crippen LogP contribution in [0.2, 0.25) is 0 Å². The largest absolute Gasteiger partial charge is 0.385 e. The van der Waals surface area contributed by atoms with Crippen molar-refractivity contribution in [2.75, 3.05) is 13.1 Å². The molecular weight excluding hydrogens is 314 g/mol. The molecule has 1 aliphatic heterocycles. The van der Waals surface area contributed by atoms with Crippen LogP contribution >= 0.6 is 0 Å². The molecule has 1 aromatic heterocycles. The summed E-state index contributed by atoms with van der Waals surface area (Å²) < 4.78 is 1.79. The molecule has 5 nitrogen and oxygen atoms in total. The maximum Gasteiger partial charge on any atom is 0.272 e. The molecule has 2 aromatic rings. The van der Waals surface area contributed by atoms with Crippen LogP contribution in [0.4, 0.5) is 0 Å². The average Bonchev–Trinajstić information content (AvgIpc) is 3.07. The molecule has 1 amide bonds. The lowest BCUT2D eigenvalue weighted by molar-refractivity contribution is -0.0213. The third-order valence-corrected chi connectivity index (χ3v) is 5.10. The summed E-state index contributed by atoms with van der Waals surface area (Å²) in [5.74, 6) is 0.306. The number of nitrogens with zero attached hydrogens (tertiary/aromatic N) is 3. The zero-order valence-corrected chi connectivity index (χ0v) is 15.3. The fraction of sp³-hybridized carbons (Fsp3) is 0.500. The van der Waals surface area contributed by atoms with E-state index in [-0.39, 0.29) is 5.91 Å². The van der Waals surface area contributed by atoms with Crippen LogP contribution in [-0.2, 0) is 12.1 Å². The summed E-state index contributed by atoms with van der Waals surface area (Å²) in [6.45, 7) is 7.94. The van der Waals surface area contributed by atoms with Gasteiger partial charge in [0.1, 0.15) is 5.69 Å². The van der Waals surface area contributed by atoms with E-state index in [2.05, 4.69) is 18.9 Å². The third kappa shape index (κ3) is 3.47. The molecule has 0 atom stereocenters. The van der Waals surface area contributed by atoms with Crippen molar-refractivity contribution >= 4 is 5.91 Å². The van der Waals surface area contributed by atoms with Crippen molar-refractivity contribution in [3.63, 3.8) is 0 Å². The smallest absolute Gasteiger partial charge is 0.272 e. The van der Waals surface area contributed by atoms with E-state index >= 15 is 0 Å². The number of aryl methyl sites for hydroxylation is 1. The fourth-order valence-corrected chi connectivity index (χ4v) is 3.41. The Morgan fingerprint density at radius 3 is 2.44 bits per heavy atom. The highest BCUT2D eigenvalue weighted by atomic mass is 16.3. The van der Waals surface area contributed by atoms with Gasteiger partial charge in [0.25, 0.3) is 5.91 Å². The molecule has 5 heteroatoms. The van der Waals surface area contributed by atoms with Gasteiger partial charge in [-0.3, -0.25) is 9.48 Å². The number of amides is 1. The minimum absolute atomic E-state index is 0.0105. The lowest BCUT2D eigenvalue weighted by Crippen LogP contribution is -2.45. The molecule has 25 heavy (non-hydrogen) atoms. The lowest BCUT2D eigenvalue weighted by atomic mass is 9.84. The summed E-state index contributed by atoms with van der Waals surface area (Å²) >= 11 is 0. The van der Waals surface area contributed by atoms with Crippen molar-refractivity contribution in [3.8, 4) is 0 Å². The molecular formula is C20H27N3O2. The molecule has 1 N–H and O–H groups in total. The van der Waals surface area contributed by atoms with E-state index < -0.39 is 5.60 Å². The van der Waals surface area contributed by atoms with Gasteiger partial charge in [0.2, 0.25) is 0 Å². The summed E-state index contributed by atoms with van der Waals surface area (Å²) in [4.78, 5) is 14.8. The van der Waals surface area contributed by atoms with E-state index in [1.165, 1.54) is 0 Å². The molecule has 2 heterocycles. The topological polar surface area (TPSA) is 58.4 Å². The van der Waals surface area contributed by atoms with Gasteiger partial charge in [0.05, 0.1) is 11.3 Å². The molecule has 0 radical (unpaired) electrons. The van der Waals surface area contributed by atoms with Gasteiger partial charge >= 0.3 is 0 Å². The van der Waals surface area contributed by atoms with Gasteiger partial charge in [0.15, 0.2) is 0 Å². The molecule has 0 spiro atoms. The van der Waals surface area contributed by atoms with Crippen molar-refractivity contribution in [2.45, 2.75) is 51.7 Å². The number of benzene rings is 1. The van der Waals surface area contributed by atoms with Gasteiger partial charge in [-0.1, -0.05) is 44.2 Å². The summed E-state index contributed by atoms with van der Waals surface area (Å²) in [6.07, 6.45) is 1.11. The van der Waals surface area contributed by atoms with E-state index in [4.69, 9.17) is 0 Å². The summed E-state index contributed by atoms with van der Waals surface area (Å²) in [5, 5.41) is 15.5. The Balaban J connectivity index is 1.74. The van der Waals surface area contributed by atoms with Gasteiger partial charge in [0, 0.05) is 19.6 Å². The number of likely N-dealkylation sites (tertiary alicyclic amines) is 1. The van der Waals surface area contributed by atoms with Crippen molar-refractivity contribution in [3.05, 3.63) is 53.3 Å². The highest BCUT2D eigenvalue weighted by molar-refractivity contribution is 5.92. The van der Waals surface area contributed by atoms with Crippen LogP contribution in [0.1, 0.15) is 61.3 Å². The second-order valence-electron chi connectivity index (χ2n) is 7.11. The van der Waals surface area contributed by atoms with Crippen LogP contribution in [-0.4, -0.2) is 38.8 Å². The van der Waals surface area contributed by atoms with Gasteiger partial charge in [-0.25, -0.2) is 0 Å². The van der Waals surface area contributed by atoms with Crippen LogP contribution < -0.4 is 0 Å². The second kappa shape index (κ2) is 7.00. The van der Waals surface area contributed by atoms with Gasteiger partial charge in [-0.05, 0) is 37.3 Å². The van der Waals surface area contributed by atoms with E-state index in [0.717, 1.165) is 11.3 Å². The first kappa shape index (κ1) is 17.7. The van der Waals surface area contributed by atoms with E-state index in [9.17, 15) is 9.90 Å².